The van der Waals surface area contributed by atoms with E-state index in [1.807, 2.05) is 18.2 Å². The fourth-order valence-electron chi connectivity index (χ4n) is 1.50. The summed E-state index contributed by atoms with van der Waals surface area (Å²) in [6.45, 7) is 6.65. The van der Waals surface area contributed by atoms with Crippen molar-refractivity contribution in [2.45, 2.75) is 26.7 Å². The summed E-state index contributed by atoms with van der Waals surface area (Å²) in [5.74, 6) is 2.21. The van der Waals surface area contributed by atoms with Crippen LogP contribution in [0.3, 0.4) is 0 Å². The maximum absolute atomic E-state index is 4.58. The molecule has 1 aromatic carbocycles. The lowest BCUT2D eigenvalue weighted by molar-refractivity contribution is 0.515. The third-order valence-corrected chi connectivity index (χ3v) is 2.84. The molecule has 1 atom stereocenters. The number of para-hydroxylation sites is 2. The number of rotatable bonds is 2. The summed E-state index contributed by atoms with van der Waals surface area (Å²) >= 11 is 0. The Bertz CT molecular complexity index is 396. The molecule has 14 heavy (non-hydrogen) atoms. The summed E-state index contributed by atoms with van der Waals surface area (Å²) in [5, 5.41) is 0. The molecule has 1 heterocycles. The average Bonchev–Trinajstić information content (AvgIpc) is 2.59. The molecule has 0 aliphatic rings. The molecule has 0 amide bonds. The van der Waals surface area contributed by atoms with Crippen LogP contribution in [0.15, 0.2) is 24.3 Å². The minimum Gasteiger partial charge on any atom is -0.342 e. The fourth-order valence-corrected chi connectivity index (χ4v) is 1.50. The Balaban J connectivity index is 2.45. The van der Waals surface area contributed by atoms with Crippen LogP contribution in [0.4, 0.5) is 0 Å². The molecule has 0 spiro atoms. The molecule has 2 nitrogen and oxygen atoms in total. The monoisotopic (exact) mass is 188 g/mol. The van der Waals surface area contributed by atoms with Gasteiger partial charge in [0, 0.05) is 5.92 Å². The second-order valence-electron chi connectivity index (χ2n) is 4.17. The molecule has 0 saturated carbocycles. The van der Waals surface area contributed by atoms with Crippen LogP contribution in [-0.4, -0.2) is 9.97 Å². The highest BCUT2D eigenvalue weighted by atomic mass is 14.9. The predicted molar refractivity (Wildman–Crippen MR) is 59.3 cm³/mol. The van der Waals surface area contributed by atoms with Gasteiger partial charge < -0.3 is 4.98 Å². The first kappa shape index (κ1) is 9.25. The summed E-state index contributed by atoms with van der Waals surface area (Å²) in [5.41, 5.74) is 2.20. The van der Waals surface area contributed by atoms with Gasteiger partial charge in [0.2, 0.25) is 0 Å². The van der Waals surface area contributed by atoms with Gasteiger partial charge in [-0.05, 0) is 18.1 Å². The number of fused-ring (bicyclic) bond motifs is 1. The SMILES string of the molecule is CC(C)C(C)c1nc2ccccc2[nH]1. The number of aromatic amines is 1. The second-order valence-corrected chi connectivity index (χ2v) is 4.17. The topological polar surface area (TPSA) is 28.7 Å². The van der Waals surface area contributed by atoms with E-state index in [1.165, 1.54) is 0 Å². The summed E-state index contributed by atoms with van der Waals surface area (Å²) in [6, 6.07) is 8.17. The molecule has 2 heteroatoms. The molecule has 0 bridgehead atoms. The van der Waals surface area contributed by atoms with Crippen LogP contribution in [0.25, 0.3) is 11.0 Å². The Hall–Kier alpha value is -1.31. The van der Waals surface area contributed by atoms with Gasteiger partial charge in [-0.3, -0.25) is 0 Å². The number of hydrogen-bond acceptors (Lipinski definition) is 1. The molecule has 0 radical (unpaired) electrons. The summed E-state index contributed by atoms with van der Waals surface area (Å²) in [7, 11) is 0. The zero-order valence-corrected chi connectivity index (χ0v) is 8.91. The van der Waals surface area contributed by atoms with Gasteiger partial charge in [0.05, 0.1) is 11.0 Å². The van der Waals surface area contributed by atoms with Gasteiger partial charge in [-0.1, -0.05) is 32.9 Å². The molecule has 1 unspecified atom stereocenters. The Morgan fingerprint density at radius 3 is 2.50 bits per heavy atom. The van der Waals surface area contributed by atoms with Crippen molar-refractivity contribution < 1.29 is 0 Å². The molecule has 0 fully saturated rings. The first-order valence-electron chi connectivity index (χ1n) is 5.13. The quantitative estimate of drug-likeness (QED) is 0.769. The van der Waals surface area contributed by atoms with Crippen molar-refractivity contribution in [3.8, 4) is 0 Å². The van der Waals surface area contributed by atoms with Gasteiger partial charge in [0.1, 0.15) is 5.82 Å². The molecule has 0 saturated heterocycles. The number of aromatic nitrogens is 2. The maximum atomic E-state index is 4.58. The van der Waals surface area contributed by atoms with Crippen molar-refractivity contribution >= 4 is 11.0 Å². The van der Waals surface area contributed by atoms with E-state index in [-0.39, 0.29) is 0 Å². The Morgan fingerprint density at radius 1 is 1.14 bits per heavy atom. The van der Waals surface area contributed by atoms with E-state index >= 15 is 0 Å². The predicted octanol–water partition coefficient (Wildman–Crippen LogP) is 3.32. The van der Waals surface area contributed by atoms with E-state index in [0.717, 1.165) is 16.9 Å². The Morgan fingerprint density at radius 2 is 1.86 bits per heavy atom. The number of benzene rings is 1. The number of imidazole rings is 1. The van der Waals surface area contributed by atoms with E-state index in [9.17, 15) is 0 Å². The Kier molecular flexibility index (Phi) is 2.28. The minimum atomic E-state index is 0.488. The number of nitrogens with zero attached hydrogens (tertiary/aromatic N) is 1. The van der Waals surface area contributed by atoms with Crippen molar-refractivity contribution in [1.29, 1.82) is 0 Å². The van der Waals surface area contributed by atoms with Gasteiger partial charge in [0.15, 0.2) is 0 Å². The largest absolute Gasteiger partial charge is 0.342 e. The first-order chi connectivity index (χ1) is 6.68. The first-order valence-corrected chi connectivity index (χ1v) is 5.13. The van der Waals surface area contributed by atoms with Crippen molar-refractivity contribution in [2.24, 2.45) is 5.92 Å². The fraction of sp³-hybridized carbons (Fsp3) is 0.417. The molecule has 2 aromatic rings. The second kappa shape index (κ2) is 3.45. The molecular formula is C12H16N2. The molecule has 1 N–H and O–H groups in total. The van der Waals surface area contributed by atoms with E-state index in [4.69, 9.17) is 0 Å². The van der Waals surface area contributed by atoms with Crippen LogP contribution in [0.5, 0.6) is 0 Å². The van der Waals surface area contributed by atoms with Crippen molar-refractivity contribution in [3.05, 3.63) is 30.1 Å². The van der Waals surface area contributed by atoms with Crippen LogP contribution < -0.4 is 0 Å². The third kappa shape index (κ3) is 1.52. The number of H-pyrrole nitrogens is 1. The van der Waals surface area contributed by atoms with Gasteiger partial charge in [-0.15, -0.1) is 0 Å². The van der Waals surface area contributed by atoms with Crippen LogP contribution >= 0.6 is 0 Å². The summed E-state index contributed by atoms with van der Waals surface area (Å²) < 4.78 is 0. The van der Waals surface area contributed by atoms with Crippen LogP contribution in [0, 0.1) is 5.92 Å². The zero-order valence-electron chi connectivity index (χ0n) is 8.91. The molecule has 1 aromatic heterocycles. The molecule has 74 valence electrons. The molecular weight excluding hydrogens is 172 g/mol. The highest BCUT2D eigenvalue weighted by Crippen LogP contribution is 2.23. The van der Waals surface area contributed by atoms with E-state index in [2.05, 4.69) is 36.8 Å². The minimum absolute atomic E-state index is 0.488. The standard InChI is InChI=1S/C12H16N2/c1-8(2)9(3)12-13-10-6-4-5-7-11(10)14-12/h4-9H,1-3H3,(H,13,14). The maximum Gasteiger partial charge on any atom is 0.110 e. The zero-order chi connectivity index (χ0) is 10.1. The van der Waals surface area contributed by atoms with E-state index in [0.29, 0.717) is 11.8 Å². The number of nitrogens with one attached hydrogen (secondary N) is 1. The smallest absolute Gasteiger partial charge is 0.110 e. The van der Waals surface area contributed by atoms with Gasteiger partial charge in [-0.25, -0.2) is 4.98 Å². The highest BCUT2D eigenvalue weighted by molar-refractivity contribution is 5.74. The summed E-state index contributed by atoms with van der Waals surface area (Å²) in [6.07, 6.45) is 0. The average molecular weight is 188 g/mol. The number of hydrogen-bond donors (Lipinski definition) is 1. The third-order valence-electron chi connectivity index (χ3n) is 2.84. The highest BCUT2D eigenvalue weighted by Gasteiger charge is 2.13. The lowest BCUT2D eigenvalue weighted by Crippen LogP contribution is -2.03. The molecule has 2 rings (SSSR count). The van der Waals surface area contributed by atoms with Gasteiger partial charge in [0.25, 0.3) is 0 Å². The Labute approximate surface area is 84.4 Å². The van der Waals surface area contributed by atoms with Crippen molar-refractivity contribution in [2.75, 3.05) is 0 Å². The van der Waals surface area contributed by atoms with Crippen molar-refractivity contribution in [3.63, 3.8) is 0 Å². The lowest BCUT2D eigenvalue weighted by atomic mass is 9.98. The van der Waals surface area contributed by atoms with Crippen LogP contribution in [0.2, 0.25) is 0 Å². The lowest BCUT2D eigenvalue weighted by Gasteiger charge is -2.11. The van der Waals surface area contributed by atoms with Crippen molar-refractivity contribution in [1.82, 2.24) is 9.97 Å². The van der Waals surface area contributed by atoms with Gasteiger partial charge >= 0.3 is 0 Å². The van der Waals surface area contributed by atoms with Crippen LogP contribution in [-0.2, 0) is 0 Å². The molecule has 0 aliphatic carbocycles. The summed E-state index contributed by atoms with van der Waals surface area (Å²) in [4.78, 5) is 7.94. The normalized spacial score (nSPS) is 13.7. The molecule has 0 aliphatic heterocycles. The van der Waals surface area contributed by atoms with Crippen LogP contribution in [0.1, 0.15) is 32.5 Å². The van der Waals surface area contributed by atoms with E-state index < -0.39 is 0 Å². The van der Waals surface area contributed by atoms with Gasteiger partial charge in [-0.2, -0.15) is 0 Å². The van der Waals surface area contributed by atoms with E-state index in [1.54, 1.807) is 0 Å².